The third-order valence-electron chi connectivity index (χ3n) is 2.05. The molecule has 1 aromatic rings. The summed E-state index contributed by atoms with van der Waals surface area (Å²) in [5.41, 5.74) is 0.833. The maximum atomic E-state index is 11.3. The summed E-state index contributed by atoms with van der Waals surface area (Å²) in [6.07, 6.45) is 4.13. The fourth-order valence-electron chi connectivity index (χ4n) is 1.33. The predicted molar refractivity (Wildman–Crippen MR) is 52.9 cm³/mol. The topological polar surface area (TPSA) is 54.5 Å². The minimum absolute atomic E-state index is 0.372. The molecule has 4 nitrogen and oxygen atoms in total. The Morgan fingerprint density at radius 2 is 1.47 bits per heavy atom. The summed E-state index contributed by atoms with van der Waals surface area (Å²) in [4.78, 5) is 33.9. The number of hydrogen-bond donors (Lipinski definition) is 0. The second-order valence-electron chi connectivity index (χ2n) is 2.99. The number of carbonyl (C=O) groups is 2. The van der Waals surface area contributed by atoms with Gasteiger partial charge in [-0.25, -0.2) is 4.90 Å². The molecule has 73 valence electrons. The molecule has 2 amide bonds. The van der Waals surface area contributed by atoms with Gasteiger partial charge in [0.15, 0.2) is 0 Å². The molecule has 15 heavy (non-hydrogen) atoms. The van der Waals surface area contributed by atoms with Crippen LogP contribution in [0.4, 0.5) is 5.69 Å². The Labute approximate surface area is 85.8 Å². The van der Waals surface area contributed by atoms with Gasteiger partial charge < -0.3 is 0 Å². The van der Waals surface area contributed by atoms with E-state index in [9.17, 15) is 14.4 Å². The molecular formula is C11H6NO3. The quantitative estimate of drug-likeness (QED) is 0.656. The van der Waals surface area contributed by atoms with E-state index >= 15 is 0 Å². The first-order valence-electron chi connectivity index (χ1n) is 4.27. The van der Waals surface area contributed by atoms with E-state index in [2.05, 4.69) is 0 Å². The highest BCUT2D eigenvalue weighted by atomic mass is 16.2. The lowest BCUT2D eigenvalue weighted by Crippen LogP contribution is -2.29. The average molecular weight is 200 g/mol. The van der Waals surface area contributed by atoms with Gasteiger partial charge in [-0.15, -0.1) is 0 Å². The largest absolute Gasteiger partial charge is 0.285 e. The third kappa shape index (κ3) is 1.57. The normalized spacial score (nSPS) is 14.8. The van der Waals surface area contributed by atoms with Gasteiger partial charge in [0.05, 0.1) is 5.69 Å². The van der Waals surface area contributed by atoms with E-state index in [1.54, 1.807) is 6.29 Å². The fourth-order valence-corrected chi connectivity index (χ4v) is 1.33. The van der Waals surface area contributed by atoms with Crippen LogP contribution in [-0.2, 0) is 14.4 Å². The van der Waals surface area contributed by atoms with Crippen LogP contribution in [0.1, 0.15) is 5.56 Å². The first-order valence-corrected chi connectivity index (χ1v) is 4.27. The molecule has 0 bridgehead atoms. The molecule has 1 aromatic carbocycles. The van der Waals surface area contributed by atoms with Crippen molar-refractivity contribution in [2.45, 2.75) is 0 Å². The lowest BCUT2D eigenvalue weighted by Gasteiger charge is -2.13. The second kappa shape index (κ2) is 3.49. The molecule has 0 atom stereocenters. The molecular weight excluding hydrogens is 194 g/mol. The predicted octanol–water partition coefficient (Wildman–Crippen LogP) is 0.574. The van der Waals surface area contributed by atoms with Gasteiger partial charge in [-0.3, -0.25) is 14.4 Å². The summed E-state index contributed by atoms with van der Waals surface area (Å²) in [7, 11) is 0. The molecule has 1 aliphatic rings. The summed E-state index contributed by atoms with van der Waals surface area (Å²) in [5, 5.41) is 0. The Balaban J connectivity index is 2.34. The van der Waals surface area contributed by atoms with Gasteiger partial charge in [-0.05, 0) is 24.3 Å². The highest BCUT2D eigenvalue weighted by Gasteiger charge is 2.24. The molecule has 0 N–H and O–H groups in total. The van der Waals surface area contributed by atoms with Crippen LogP contribution in [0.15, 0.2) is 36.4 Å². The number of carbonyl (C=O) groups excluding carboxylic acids is 3. The zero-order valence-corrected chi connectivity index (χ0v) is 7.64. The molecule has 0 saturated heterocycles. The summed E-state index contributed by atoms with van der Waals surface area (Å²) < 4.78 is 0. The standard InChI is InChI=1S/C11H6NO3/c13-7-8-1-3-9(4-2-8)12-10(14)5-6-11(12)15/h1-6H. The summed E-state index contributed by atoms with van der Waals surface area (Å²) >= 11 is 0. The van der Waals surface area contributed by atoms with Crippen LogP contribution in [-0.4, -0.2) is 18.1 Å². The monoisotopic (exact) mass is 200 g/mol. The minimum Gasteiger partial charge on any atom is -0.285 e. The van der Waals surface area contributed by atoms with Crippen LogP contribution in [0, 0.1) is 0 Å². The summed E-state index contributed by atoms with van der Waals surface area (Å²) in [5.74, 6) is -0.745. The van der Waals surface area contributed by atoms with E-state index in [-0.39, 0.29) is 11.8 Å². The molecule has 4 heteroatoms. The number of imide groups is 1. The van der Waals surface area contributed by atoms with Gasteiger partial charge in [0, 0.05) is 17.7 Å². The van der Waals surface area contributed by atoms with Gasteiger partial charge in [0.1, 0.15) is 0 Å². The molecule has 1 radical (unpaired) electrons. The van der Waals surface area contributed by atoms with Crippen molar-refractivity contribution in [2.75, 3.05) is 4.90 Å². The molecule has 0 spiro atoms. The lowest BCUT2D eigenvalue weighted by atomic mass is 10.2. The van der Waals surface area contributed by atoms with Crippen LogP contribution < -0.4 is 4.90 Å². The van der Waals surface area contributed by atoms with Gasteiger partial charge in [-0.2, -0.15) is 0 Å². The van der Waals surface area contributed by atoms with Crippen molar-refractivity contribution >= 4 is 23.8 Å². The number of hydrogen-bond acceptors (Lipinski definition) is 3. The van der Waals surface area contributed by atoms with Crippen molar-refractivity contribution in [3.8, 4) is 0 Å². The molecule has 2 rings (SSSR count). The molecule has 0 saturated carbocycles. The van der Waals surface area contributed by atoms with E-state index in [4.69, 9.17) is 0 Å². The number of rotatable bonds is 2. The Hall–Kier alpha value is -2.23. The minimum atomic E-state index is -0.372. The number of nitrogens with zero attached hydrogens (tertiary/aromatic N) is 1. The maximum Gasteiger partial charge on any atom is 0.258 e. The SMILES string of the molecule is O=[C]c1ccc(N2C(=O)C=CC2=O)cc1. The van der Waals surface area contributed by atoms with E-state index < -0.39 is 0 Å². The first kappa shape index (κ1) is 9.33. The number of amides is 2. The molecule has 0 unspecified atom stereocenters. The smallest absolute Gasteiger partial charge is 0.258 e. The van der Waals surface area contributed by atoms with Crippen molar-refractivity contribution in [1.82, 2.24) is 0 Å². The zero-order valence-electron chi connectivity index (χ0n) is 7.64. The van der Waals surface area contributed by atoms with Gasteiger partial charge in [0.25, 0.3) is 11.8 Å². The van der Waals surface area contributed by atoms with Crippen LogP contribution in [0.5, 0.6) is 0 Å². The van der Waals surface area contributed by atoms with Crippen LogP contribution in [0.25, 0.3) is 0 Å². The third-order valence-corrected chi connectivity index (χ3v) is 2.05. The van der Waals surface area contributed by atoms with Crippen molar-refractivity contribution < 1.29 is 14.4 Å². The number of benzene rings is 1. The molecule has 0 fully saturated rings. The molecule has 0 aliphatic carbocycles. The number of anilines is 1. The van der Waals surface area contributed by atoms with E-state index in [1.165, 1.54) is 36.4 Å². The Bertz CT molecular complexity index is 441. The van der Waals surface area contributed by atoms with Crippen molar-refractivity contribution in [2.24, 2.45) is 0 Å². The van der Waals surface area contributed by atoms with Gasteiger partial charge >= 0.3 is 0 Å². The first-order chi connectivity index (χ1) is 7.22. The highest BCUT2D eigenvalue weighted by molar-refractivity contribution is 6.28. The lowest BCUT2D eigenvalue weighted by molar-refractivity contribution is -0.119. The van der Waals surface area contributed by atoms with Crippen LogP contribution in [0.3, 0.4) is 0 Å². The van der Waals surface area contributed by atoms with E-state index in [1.807, 2.05) is 0 Å². The van der Waals surface area contributed by atoms with Crippen molar-refractivity contribution in [3.63, 3.8) is 0 Å². The highest BCUT2D eigenvalue weighted by Crippen LogP contribution is 2.18. The fraction of sp³-hybridized carbons (Fsp3) is 0. The van der Waals surface area contributed by atoms with Crippen LogP contribution >= 0.6 is 0 Å². The van der Waals surface area contributed by atoms with Crippen LogP contribution in [0.2, 0.25) is 0 Å². The Kier molecular flexibility index (Phi) is 2.17. The maximum absolute atomic E-state index is 11.3. The molecule has 1 aliphatic heterocycles. The van der Waals surface area contributed by atoms with Crippen molar-refractivity contribution in [1.29, 1.82) is 0 Å². The van der Waals surface area contributed by atoms with E-state index in [0.29, 0.717) is 11.3 Å². The van der Waals surface area contributed by atoms with Gasteiger partial charge in [0.2, 0.25) is 6.29 Å². The van der Waals surface area contributed by atoms with E-state index in [0.717, 1.165) is 4.90 Å². The zero-order chi connectivity index (χ0) is 10.8. The summed E-state index contributed by atoms with van der Waals surface area (Å²) in [6.45, 7) is 0. The van der Waals surface area contributed by atoms with Gasteiger partial charge in [-0.1, -0.05) is 0 Å². The Morgan fingerprint density at radius 1 is 0.933 bits per heavy atom. The second-order valence-corrected chi connectivity index (χ2v) is 2.99. The Morgan fingerprint density at radius 3 is 1.93 bits per heavy atom. The van der Waals surface area contributed by atoms with Crippen molar-refractivity contribution in [3.05, 3.63) is 42.0 Å². The summed E-state index contributed by atoms with van der Waals surface area (Å²) in [6, 6.07) is 6.06. The molecule has 1 heterocycles. The average Bonchev–Trinajstić information content (AvgIpc) is 2.59. The molecule has 0 aromatic heterocycles.